The van der Waals surface area contributed by atoms with Crippen molar-refractivity contribution in [2.75, 3.05) is 44.9 Å². The van der Waals surface area contributed by atoms with Crippen LogP contribution in [0.15, 0.2) is 47.4 Å². The molecule has 0 aromatic heterocycles. The third kappa shape index (κ3) is 5.77. The van der Waals surface area contributed by atoms with Crippen LogP contribution in [-0.2, 0) is 11.3 Å². The summed E-state index contributed by atoms with van der Waals surface area (Å²) in [5.74, 6) is 0.591. The fourth-order valence-corrected chi connectivity index (χ4v) is 4.06. The lowest BCUT2D eigenvalue weighted by Gasteiger charge is -2.23. The molecular formula is C23H29N3O3S. The van der Waals surface area contributed by atoms with E-state index in [1.54, 1.807) is 18.9 Å². The number of anilines is 1. The van der Waals surface area contributed by atoms with E-state index in [2.05, 4.69) is 10.2 Å². The van der Waals surface area contributed by atoms with Gasteiger partial charge in [0.2, 0.25) is 5.91 Å². The fraction of sp³-hybridized carbons (Fsp3) is 0.391. The summed E-state index contributed by atoms with van der Waals surface area (Å²) in [5, 5.41) is 2.79. The van der Waals surface area contributed by atoms with Crippen molar-refractivity contribution in [1.82, 2.24) is 9.80 Å². The van der Waals surface area contributed by atoms with Crippen molar-refractivity contribution < 1.29 is 14.3 Å². The first-order valence-electron chi connectivity index (χ1n) is 10.1. The molecule has 0 radical (unpaired) electrons. The van der Waals surface area contributed by atoms with Crippen LogP contribution in [0.5, 0.6) is 5.75 Å². The molecule has 2 amide bonds. The summed E-state index contributed by atoms with van der Waals surface area (Å²) in [4.78, 5) is 29.6. The number of hydrogen-bond donors (Lipinski definition) is 1. The van der Waals surface area contributed by atoms with Crippen LogP contribution in [0.1, 0.15) is 29.3 Å². The molecule has 1 N–H and O–H groups in total. The Balaban J connectivity index is 1.61. The van der Waals surface area contributed by atoms with Crippen LogP contribution in [0.4, 0.5) is 5.69 Å². The maximum atomic E-state index is 13.1. The van der Waals surface area contributed by atoms with Crippen LogP contribution in [-0.4, -0.2) is 61.2 Å². The van der Waals surface area contributed by atoms with Gasteiger partial charge in [0.1, 0.15) is 5.75 Å². The highest BCUT2D eigenvalue weighted by Crippen LogP contribution is 2.27. The first-order valence-corrected chi connectivity index (χ1v) is 11.3. The van der Waals surface area contributed by atoms with Crippen LogP contribution in [0.25, 0.3) is 0 Å². The van der Waals surface area contributed by atoms with Crippen molar-refractivity contribution >= 4 is 29.3 Å². The summed E-state index contributed by atoms with van der Waals surface area (Å²) in [5.41, 5.74) is 2.62. The minimum absolute atomic E-state index is 0.0287. The van der Waals surface area contributed by atoms with Crippen molar-refractivity contribution in [1.29, 1.82) is 0 Å². The van der Waals surface area contributed by atoms with Gasteiger partial charge >= 0.3 is 0 Å². The van der Waals surface area contributed by atoms with Crippen molar-refractivity contribution in [2.24, 2.45) is 0 Å². The molecule has 1 heterocycles. The lowest BCUT2D eigenvalue weighted by atomic mass is 10.1. The Bertz CT molecular complexity index is 886. The Labute approximate surface area is 182 Å². The topological polar surface area (TPSA) is 61.9 Å². The van der Waals surface area contributed by atoms with E-state index in [0.717, 1.165) is 43.2 Å². The van der Waals surface area contributed by atoms with Gasteiger partial charge in [-0.1, -0.05) is 12.1 Å². The van der Waals surface area contributed by atoms with Crippen LogP contribution in [0.2, 0.25) is 0 Å². The summed E-state index contributed by atoms with van der Waals surface area (Å²) in [6.07, 6.45) is 2.94. The monoisotopic (exact) mass is 427 g/mol. The summed E-state index contributed by atoms with van der Waals surface area (Å²) in [6, 6.07) is 13.7. The lowest BCUT2D eigenvalue weighted by Crippen LogP contribution is -2.35. The highest BCUT2D eigenvalue weighted by atomic mass is 32.2. The van der Waals surface area contributed by atoms with E-state index in [0.29, 0.717) is 17.9 Å². The van der Waals surface area contributed by atoms with Crippen LogP contribution < -0.4 is 10.1 Å². The van der Waals surface area contributed by atoms with Gasteiger partial charge in [-0.05, 0) is 48.6 Å². The molecule has 0 aliphatic carbocycles. The minimum Gasteiger partial charge on any atom is -0.496 e. The number of nitrogens with zero attached hydrogens (tertiary/aromatic N) is 2. The molecule has 1 aliphatic heterocycles. The van der Waals surface area contributed by atoms with Crippen LogP contribution >= 0.6 is 11.8 Å². The second kappa shape index (κ2) is 10.5. The summed E-state index contributed by atoms with van der Waals surface area (Å²) in [7, 11) is 1.61. The fourth-order valence-electron chi connectivity index (χ4n) is 3.63. The molecule has 3 rings (SSSR count). The van der Waals surface area contributed by atoms with Gasteiger partial charge in [-0.15, -0.1) is 11.8 Å². The Morgan fingerprint density at radius 3 is 2.50 bits per heavy atom. The average Bonchev–Trinajstić information content (AvgIpc) is 2.99. The van der Waals surface area contributed by atoms with E-state index in [1.807, 2.05) is 53.6 Å². The third-order valence-corrected chi connectivity index (χ3v) is 5.92. The number of amides is 2. The maximum absolute atomic E-state index is 13.1. The zero-order valence-electron chi connectivity index (χ0n) is 17.8. The smallest absolute Gasteiger partial charge is 0.257 e. The molecule has 0 atom stereocenters. The average molecular weight is 428 g/mol. The quantitative estimate of drug-likeness (QED) is 0.712. The van der Waals surface area contributed by atoms with Crippen molar-refractivity contribution in [3.05, 3.63) is 53.6 Å². The normalized spacial score (nSPS) is 14.8. The molecule has 1 fully saturated rings. The second-order valence-electron chi connectivity index (χ2n) is 7.37. The predicted molar refractivity (Wildman–Crippen MR) is 121 cm³/mol. The second-order valence-corrected chi connectivity index (χ2v) is 8.25. The van der Waals surface area contributed by atoms with Crippen molar-refractivity contribution in [3.63, 3.8) is 0 Å². The van der Waals surface area contributed by atoms with E-state index < -0.39 is 0 Å². The molecule has 30 heavy (non-hydrogen) atoms. The molecule has 2 aromatic carbocycles. The Morgan fingerprint density at radius 2 is 1.83 bits per heavy atom. The van der Waals surface area contributed by atoms with Gasteiger partial charge < -0.3 is 15.0 Å². The maximum Gasteiger partial charge on any atom is 0.257 e. The SMILES string of the molecule is COc1cc(SC)ccc1C(=O)N1CCCN(Cc2ccc(NC(C)=O)cc2)CC1. The Kier molecular flexibility index (Phi) is 7.76. The van der Waals surface area contributed by atoms with Gasteiger partial charge in [-0.2, -0.15) is 0 Å². The molecule has 6 nitrogen and oxygen atoms in total. The number of carbonyl (C=O) groups is 2. The van der Waals surface area contributed by atoms with E-state index in [9.17, 15) is 9.59 Å². The van der Waals surface area contributed by atoms with E-state index in [1.165, 1.54) is 12.5 Å². The first kappa shape index (κ1) is 22.2. The number of carbonyl (C=O) groups excluding carboxylic acids is 2. The number of methoxy groups -OCH3 is 1. The van der Waals surface area contributed by atoms with Gasteiger partial charge in [-0.3, -0.25) is 14.5 Å². The molecule has 0 saturated carbocycles. The number of hydrogen-bond acceptors (Lipinski definition) is 5. The minimum atomic E-state index is -0.0697. The molecule has 0 bridgehead atoms. The van der Waals surface area contributed by atoms with Gasteiger partial charge in [-0.25, -0.2) is 0 Å². The highest BCUT2D eigenvalue weighted by Gasteiger charge is 2.23. The van der Waals surface area contributed by atoms with Gasteiger partial charge in [0.15, 0.2) is 0 Å². The van der Waals surface area contributed by atoms with Crippen LogP contribution in [0, 0.1) is 0 Å². The zero-order chi connectivity index (χ0) is 21.5. The molecule has 2 aromatic rings. The molecular weight excluding hydrogens is 398 g/mol. The van der Waals surface area contributed by atoms with Crippen molar-refractivity contribution in [2.45, 2.75) is 24.8 Å². The standard InChI is InChI=1S/C23H29N3O3S/c1-17(27)24-19-7-5-18(6-8-19)16-25-11-4-12-26(14-13-25)23(28)21-10-9-20(30-3)15-22(21)29-2/h5-10,15H,4,11-14,16H2,1-3H3,(H,24,27). The molecule has 1 saturated heterocycles. The van der Waals surface area contributed by atoms with Crippen LogP contribution in [0.3, 0.4) is 0 Å². The first-order chi connectivity index (χ1) is 14.5. The molecule has 0 unspecified atom stereocenters. The van der Waals surface area contributed by atoms with Gasteiger partial charge in [0.05, 0.1) is 12.7 Å². The molecule has 7 heteroatoms. The molecule has 160 valence electrons. The number of nitrogens with one attached hydrogen (secondary N) is 1. The van der Waals surface area contributed by atoms with E-state index in [-0.39, 0.29) is 11.8 Å². The zero-order valence-corrected chi connectivity index (χ0v) is 18.6. The Morgan fingerprint density at radius 1 is 1.07 bits per heavy atom. The van der Waals surface area contributed by atoms with Gasteiger partial charge in [0.25, 0.3) is 5.91 Å². The number of benzene rings is 2. The summed E-state index contributed by atoms with van der Waals surface area (Å²) in [6.45, 7) is 5.53. The predicted octanol–water partition coefficient (Wildman–Crippen LogP) is 3.72. The Hall–Kier alpha value is -2.51. The van der Waals surface area contributed by atoms with E-state index >= 15 is 0 Å². The van der Waals surface area contributed by atoms with Gasteiger partial charge in [0, 0.05) is 50.2 Å². The van der Waals surface area contributed by atoms with E-state index in [4.69, 9.17) is 4.74 Å². The summed E-state index contributed by atoms with van der Waals surface area (Å²) >= 11 is 1.63. The largest absolute Gasteiger partial charge is 0.496 e. The highest BCUT2D eigenvalue weighted by molar-refractivity contribution is 7.98. The number of ether oxygens (including phenoxy) is 1. The number of thioether (sulfide) groups is 1. The summed E-state index contributed by atoms with van der Waals surface area (Å²) < 4.78 is 5.47. The molecule has 0 spiro atoms. The lowest BCUT2D eigenvalue weighted by molar-refractivity contribution is -0.114. The third-order valence-electron chi connectivity index (χ3n) is 5.20. The molecule has 1 aliphatic rings. The van der Waals surface area contributed by atoms with Crippen molar-refractivity contribution in [3.8, 4) is 5.75 Å². The number of rotatable bonds is 6.